The van der Waals surface area contributed by atoms with Gasteiger partial charge in [-0.25, -0.2) is 0 Å². The van der Waals surface area contributed by atoms with Crippen LogP contribution in [0.25, 0.3) is 0 Å². The minimum atomic E-state index is -0.160. The normalized spacial score (nSPS) is 19.9. The van der Waals surface area contributed by atoms with E-state index in [0.717, 1.165) is 43.4 Å². The molecule has 1 fully saturated rings. The number of hydrogen-bond acceptors (Lipinski definition) is 2. The number of ether oxygens (including phenoxy) is 1. The molecule has 2 aromatic carbocycles. The predicted molar refractivity (Wildman–Crippen MR) is 108 cm³/mol. The molecule has 4 rings (SSSR count). The zero-order valence-corrected chi connectivity index (χ0v) is 16.4. The lowest BCUT2D eigenvalue weighted by molar-refractivity contribution is -0.127. The van der Waals surface area contributed by atoms with Gasteiger partial charge in [-0.15, -0.1) is 0 Å². The molecule has 2 aliphatic carbocycles. The van der Waals surface area contributed by atoms with Crippen molar-refractivity contribution >= 4 is 5.91 Å². The van der Waals surface area contributed by atoms with E-state index in [9.17, 15) is 4.79 Å². The zero-order chi connectivity index (χ0) is 18.9. The Balaban J connectivity index is 1.40. The highest BCUT2D eigenvalue weighted by Crippen LogP contribution is 2.59. The Labute approximate surface area is 162 Å². The number of benzene rings is 2. The van der Waals surface area contributed by atoms with Crippen molar-refractivity contribution < 1.29 is 9.53 Å². The van der Waals surface area contributed by atoms with Gasteiger partial charge in [0.1, 0.15) is 5.75 Å². The Morgan fingerprint density at radius 2 is 2.04 bits per heavy atom. The van der Waals surface area contributed by atoms with Crippen LogP contribution < -0.4 is 10.1 Å². The molecule has 142 valence electrons. The fourth-order valence-electron chi connectivity index (χ4n) is 4.79. The largest absolute Gasteiger partial charge is 0.496 e. The number of aryl methyl sites for hydroxylation is 2. The van der Waals surface area contributed by atoms with E-state index in [2.05, 4.69) is 48.6 Å². The van der Waals surface area contributed by atoms with Crippen molar-refractivity contribution in [2.24, 2.45) is 5.41 Å². The number of nitrogens with one attached hydrogen (secondary N) is 1. The third-order valence-electron chi connectivity index (χ3n) is 6.44. The van der Waals surface area contributed by atoms with E-state index in [1.165, 1.54) is 23.1 Å². The van der Waals surface area contributed by atoms with Crippen LogP contribution in [0.3, 0.4) is 0 Å². The van der Waals surface area contributed by atoms with E-state index in [1.807, 2.05) is 6.07 Å². The van der Waals surface area contributed by atoms with Gasteiger partial charge in [-0.2, -0.15) is 0 Å². The maximum absolute atomic E-state index is 13.1. The van der Waals surface area contributed by atoms with Crippen LogP contribution in [0.2, 0.25) is 0 Å². The summed E-state index contributed by atoms with van der Waals surface area (Å²) in [6.07, 6.45) is 6.40. The molecule has 2 aromatic rings. The van der Waals surface area contributed by atoms with Crippen LogP contribution >= 0.6 is 0 Å². The maximum atomic E-state index is 13.1. The number of fused-ring (bicyclic) bond motifs is 1. The Kier molecular flexibility index (Phi) is 4.94. The summed E-state index contributed by atoms with van der Waals surface area (Å²) in [5.41, 5.74) is 5.08. The maximum Gasteiger partial charge on any atom is 0.226 e. The molecule has 0 aliphatic heterocycles. The molecule has 2 aliphatic rings. The molecule has 3 heteroatoms. The average Bonchev–Trinajstić information content (AvgIpc) is 3.49. The number of carbonyl (C=O) groups is 1. The van der Waals surface area contributed by atoms with Crippen molar-refractivity contribution in [2.75, 3.05) is 13.7 Å². The summed E-state index contributed by atoms with van der Waals surface area (Å²) in [6, 6.07) is 15.0. The standard InChI is InChI=1S/C24H29NO2/c1-17-16-18(10-11-22(17)27-2)12-15-25-23(26)24(13-14-24)21-9-5-7-19-6-3-4-8-20(19)21/h3-4,6,8,10-11,16,21H,5,7,9,12-15H2,1-2H3,(H,25,26). The second-order valence-electron chi connectivity index (χ2n) is 8.11. The summed E-state index contributed by atoms with van der Waals surface area (Å²) in [7, 11) is 1.70. The highest BCUT2D eigenvalue weighted by Gasteiger charge is 2.56. The molecule has 0 saturated heterocycles. The molecular formula is C24H29NO2. The molecule has 1 saturated carbocycles. The van der Waals surface area contributed by atoms with Crippen molar-refractivity contribution in [3.8, 4) is 5.75 Å². The van der Waals surface area contributed by atoms with Gasteiger partial charge in [0.05, 0.1) is 12.5 Å². The topological polar surface area (TPSA) is 38.3 Å². The number of rotatable bonds is 6. The van der Waals surface area contributed by atoms with Crippen LogP contribution in [-0.2, 0) is 17.6 Å². The summed E-state index contributed by atoms with van der Waals surface area (Å²) < 4.78 is 5.32. The highest BCUT2D eigenvalue weighted by molar-refractivity contribution is 5.86. The lowest BCUT2D eigenvalue weighted by Gasteiger charge is -2.32. The van der Waals surface area contributed by atoms with Crippen LogP contribution in [0.15, 0.2) is 42.5 Å². The van der Waals surface area contributed by atoms with Gasteiger partial charge in [0, 0.05) is 6.54 Å². The van der Waals surface area contributed by atoms with Crippen molar-refractivity contribution in [1.82, 2.24) is 5.32 Å². The minimum Gasteiger partial charge on any atom is -0.496 e. The first-order valence-corrected chi connectivity index (χ1v) is 10.1. The summed E-state index contributed by atoms with van der Waals surface area (Å²) in [6.45, 7) is 2.75. The first-order valence-electron chi connectivity index (χ1n) is 10.1. The molecule has 1 amide bonds. The molecule has 1 unspecified atom stereocenters. The molecular weight excluding hydrogens is 334 g/mol. The molecule has 0 spiro atoms. The predicted octanol–water partition coefficient (Wildman–Crippen LogP) is 4.56. The van der Waals surface area contributed by atoms with Crippen molar-refractivity contribution in [3.05, 3.63) is 64.7 Å². The third kappa shape index (κ3) is 3.47. The van der Waals surface area contributed by atoms with Gasteiger partial charge in [-0.05, 0) is 79.7 Å². The average molecular weight is 364 g/mol. The van der Waals surface area contributed by atoms with Gasteiger partial charge in [0.15, 0.2) is 0 Å². The monoisotopic (exact) mass is 363 g/mol. The van der Waals surface area contributed by atoms with E-state index in [-0.39, 0.29) is 11.3 Å². The molecule has 27 heavy (non-hydrogen) atoms. The smallest absolute Gasteiger partial charge is 0.226 e. The summed E-state index contributed by atoms with van der Waals surface area (Å²) >= 11 is 0. The quantitative estimate of drug-likeness (QED) is 0.817. The summed E-state index contributed by atoms with van der Waals surface area (Å²) in [5.74, 6) is 1.57. The SMILES string of the molecule is COc1ccc(CCNC(=O)C2(C3CCCc4ccccc43)CC2)cc1C. The van der Waals surface area contributed by atoms with E-state index in [0.29, 0.717) is 12.5 Å². The summed E-state index contributed by atoms with van der Waals surface area (Å²) in [4.78, 5) is 13.1. The number of hydrogen-bond donors (Lipinski definition) is 1. The molecule has 3 nitrogen and oxygen atoms in total. The van der Waals surface area contributed by atoms with E-state index in [4.69, 9.17) is 4.74 Å². The van der Waals surface area contributed by atoms with Crippen LogP contribution in [0, 0.1) is 12.3 Å². The molecule has 0 radical (unpaired) electrons. The molecule has 0 heterocycles. The second kappa shape index (κ2) is 7.38. The first-order chi connectivity index (χ1) is 13.1. The number of carbonyl (C=O) groups excluding carboxylic acids is 1. The highest BCUT2D eigenvalue weighted by atomic mass is 16.5. The van der Waals surface area contributed by atoms with Crippen molar-refractivity contribution in [2.45, 2.75) is 51.4 Å². The fraction of sp³-hybridized carbons (Fsp3) is 0.458. The van der Waals surface area contributed by atoms with Gasteiger partial charge < -0.3 is 10.1 Å². The lowest BCUT2D eigenvalue weighted by atomic mass is 9.73. The molecule has 0 bridgehead atoms. The Hall–Kier alpha value is -2.29. The number of amides is 1. The van der Waals surface area contributed by atoms with Crippen LogP contribution in [0.5, 0.6) is 5.75 Å². The van der Waals surface area contributed by atoms with Crippen molar-refractivity contribution in [1.29, 1.82) is 0 Å². The molecule has 1 atom stereocenters. The van der Waals surface area contributed by atoms with E-state index in [1.54, 1.807) is 7.11 Å². The fourth-order valence-corrected chi connectivity index (χ4v) is 4.79. The van der Waals surface area contributed by atoms with Crippen LogP contribution in [0.4, 0.5) is 0 Å². The first kappa shape index (κ1) is 18.1. The lowest BCUT2D eigenvalue weighted by Crippen LogP contribution is -2.38. The van der Waals surface area contributed by atoms with Gasteiger partial charge in [-0.1, -0.05) is 36.4 Å². The van der Waals surface area contributed by atoms with Crippen molar-refractivity contribution in [3.63, 3.8) is 0 Å². The second-order valence-corrected chi connectivity index (χ2v) is 8.11. The van der Waals surface area contributed by atoms with Crippen LogP contribution in [-0.4, -0.2) is 19.6 Å². The van der Waals surface area contributed by atoms with Gasteiger partial charge in [-0.3, -0.25) is 4.79 Å². The van der Waals surface area contributed by atoms with Crippen LogP contribution in [0.1, 0.15) is 53.9 Å². The van der Waals surface area contributed by atoms with E-state index >= 15 is 0 Å². The Morgan fingerprint density at radius 3 is 2.78 bits per heavy atom. The van der Waals surface area contributed by atoms with Gasteiger partial charge in [0.25, 0.3) is 0 Å². The molecule has 1 N–H and O–H groups in total. The Bertz CT molecular complexity index is 838. The number of methoxy groups -OCH3 is 1. The minimum absolute atomic E-state index is 0.160. The Morgan fingerprint density at radius 1 is 1.22 bits per heavy atom. The van der Waals surface area contributed by atoms with Gasteiger partial charge in [0.2, 0.25) is 5.91 Å². The van der Waals surface area contributed by atoms with E-state index < -0.39 is 0 Å². The summed E-state index contributed by atoms with van der Waals surface area (Å²) in [5, 5.41) is 3.24. The molecule has 0 aromatic heterocycles. The third-order valence-corrected chi connectivity index (χ3v) is 6.44. The van der Waals surface area contributed by atoms with Gasteiger partial charge >= 0.3 is 0 Å². The zero-order valence-electron chi connectivity index (χ0n) is 16.4.